The highest BCUT2D eigenvalue weighted by molar-refractivity contribution is 5.93. The molecule has 1 amide bonds. The lowest BCUT2D eigenvalue weighted by Gasteiger charge is -2.24. The monoisotopic (exact) mass is 313 g/mol. The standard InChI is InChI=1S/C18H19NO4/c1-21-16-8-7-14(10-17(16)22-2)19-18(20)13-9-12-5-3-4-6-15(12)23-11-13/h3-8,10,13H,9,11H2,1-2H3,(H,19,20). The number of ether oxygens (including phenoxy) is 3. The molecule has 1 N–H and O–H groups in total. The SMILES string of the molecule is COc1ccc(NC(=O)C2COc3ccccc3C2)cc1OC. The summed E-state index contributed by atoms with van der Waals surface area (Å²) in [5.41, 5.74) is 1.73. The highest BCUT2D eigenvalue weighted by atomic mass is 16.5. The predicted molar refractivity (Wildman–Crippen MR) is 87.3 cm³/mol. The Morgan fingerprint density at radius 2 is 1.91 bits per heavy atom. The number of anilines is 1. The van der Waals surface area contributed by atoms with Crippen molar-refractivity contribution in [1.29, 1.82) is 0 Å². The average molecular weight is 313 g/mol. The number of hydrogen-bond donors (Lipinski definition) is 1. The second-order valence-corrected chi connectivity index (χ2v) is 5.38. The molecule has 0 aliphatic carbocycles. The Hall–Kier alpha value is -2.69. The zero-order valence-corrected chi connectivity index (χ0v) is 13.2. The van der Waals surface area contributed by atoms with Crippen LogP contribution in [0.2, 0.25) is 0 Å². The molecule has 1 aliphatic heterocycles. The van der Waals surface area contributed by atoms with Gasteiger partial charge in [0.25, 0.3) is 0 Å². The van der Waals surface area contributed by atoms with E-state index < -0.39 is 0 Å². The van der Waals surface area contributed by atoms with Crippen LogP contribution in [0.5, 0.6) is 17.2 Å². The topological polar surface area (TPSA) is 56.8 Å². The second kappa shape index (κ2) is 6.60. The molecular weight excluding hydrogens is 294 g/mol. The summed E-state index contributed by atoms with van der Waals surface area (Å²) >= 11 is 0. The molecule has 1 heterocycles. The van der Waals surface area contributed by atoms with Crippen LogP contribution in [-0.4, -0.2) is 26.7 Å². The second-order valence-electron chi connectivity index (χ2n) is 5.38. The highest BCUT2D eigenvalue weighted by Gasteiger charge is 2.26. The number of methoxy groups -OCH3 is 2. The van der Waals surface area contributed by atoms with Crippen molar-refractivity contribution < 1.29 is 19.0 Å². The molecule has 0 aromatic heterocycles. The van der Waals surface area contributed by atoms with Gasteiger partial charge in [0.15, 0.2) is 11.5 Å². The van der Waals surface area contributed by atoms with Gasteiger partial charge >= 0.3 is 0 Å². The number of fused-ring (bicyclic) bond motifs is 1. The van der Waals surface area contributed by atoms with Crippen molar-refractivity contribution in [2.45, 2.75) is 6.42 Å². The van der Waals surface area contributed by atoms with Gasteiger partial charge in [0.1, 0.15) is 12.4 Å². The van der Waals surface area contributed by atoms with Gasteiger partial charge in [-0.1, -0.05) is 18.2 Å². The van der Waals surface area contributed by atoms with Crippen molar-refractivity contribution in [2.75, 3.05) is 26.1 Å². The molecule has 0 saturated carbocycles. The van der Waals surface area contributed by atoms with E-state index in [1.165, 1.54) is 0 Å². The van der Waals surface area contributed by atoms with E-state index in [2.05, 4.69) is 5.32 Å². The zero-order valence-electron chi connectivity index (χ0n) is 13.2. The number of benzene rings is 2. The van der Waals surface area contributed by atoms with E-state index in [1.54, 1.807) is 32.4 Å². The highest BCUT2D eigenvalue weighted by Crippen LogP contribution is 2.31. The van der Waals surface area contributed by atoms with Crippen LogP contribution in [0.15, 0.2) is 42.5 Å². The van der Waals surface area contributed by atoms with E-state index in [1.807, 2.05) is 24.3 Å². The lowest BCUT2D eigenvalue weighted by molar-refractivity contribution is -0.121. The van der Waals surface area contributed by atoms with Gasteiger partial charge in [0, 0.05) is 11.8 Å². The summed E-state index contributed by atoms with van der Waals surface area (Å²) in [6.45, 7) is 0.385. The summed E-state index contributed by atoms with van der Waals surface area (Å²) in [5.74, 6) is 1.79. The zero-order chi connectivity index (χ0) is 16.2. The van der Waals surface area contributed by atoms with Gasteiger partial charge in [-0.2, -0.15) is 0 Å². The maximum Gasteiger partial charge on any atom is 0.231 e. The third-order valence-corrected chi connectivity index (χ3v) is 3.90. The van der Waals surface area contributed by atoms with Crippen molar-refractivity contribution in [2.24, 2.45) is 5.92 Å². The maximum absolute atomic E-state index is 12.5. The largest absolute Gasteiger partial charge is 0.493 e. The maximum atomic E-state index is 12.5. The molecule has 23 heavy (non-hydrogen) atoms. The van der Waals surface area contributed by atoms with Gasteiger partial charge < -0.3 is 19.5 Å². The fraction of sp³-hybridized carbons (Fsp3) is 0.278. The van der Waals surface area contributed by atoms with E-state index in [4.69, 9.17) is 14.2 Å². The third-order valence-electron chi connectivity index (χ3n) is 3.90. The number of hydrogen-bond acceptors (Lipinski definition) is 4. The molecule has 0 saturated heterocycles. The number of amides is 1. The minimum absolute atomic E-state index is 0.0632. The molecule has 0 spiro atoms. The van der Waals surface area contributed by atoms with Crippen LogP contribution in [0.1, 0.15) is 5.56 Å². The summed E-state index contributed by atoms with van der Waals surface area (Å²) in [7, 11) is 3.14. The van der Waals surface area contributed by atoms with Gasteiger partial charge in [-0.05, 0) is 30.2 Å². The molecule has 120 valence electrons. The summed E-state index contributed by atoms with van der Waals surface area (Å²) in [4.78, 5) is 12.5. The van der Waals surface area contributed by atoms with Crippen molar-refractivity contribution >= 4 is 11.6 Å². The summed E-state index contributed by atoms with van der Waals surface area (Å²) < 4.78 is 16.1. The number of carbonyl (C=O) groups excluding carboxylic acids is 1. The average Bonchev–Trinajstić information content (AvgIpc) is 2.61. The molecule has 5 nitrogen and oxygen atoms in total. The van der Waals surface area contributed by atoms with Gasteiger partial charge in [-0.3, -0.25) is 4.79 Å². The van der Waals surface area contributed by atoms with E-state index >= 15 is 0 Å². The fourth-order valence-electron chi connectivity index (χ4n) is 2.65. The van der Waals surface area contributed by atoms with Crippen LogP contribution in [0.4, 0.5) is 5.69 Å². The summed E-state index contributed by atoms with van der Waals surface area (Å²) in [5, 5.41) is 2.91. The van der Waals surface area contributed by atoms with E-state index in [0.717, 1.165) is 11.3 Å². The summed E-state index contributed by atoms with van der Waals surface area (Å²) in [6, 6.07) is 13.1. The van der Waals surface area contributed by atoms with Crippen LogP contribution < -0.4 is 19.5 Å². The van der Waals surface area contributed by atoms with Crippen LogP contribution in [0.3, 0.4) is 0 Å². The smallest absolute Gasteiger partial charge is 0.231 e. The third kappa shape index (κ3) is 3.23. The Morgan fingerprint density at radius 1 is 1.13 bits per heavy atom. The van der Waals surface area contributed by atoms with Crippen LogP contribution in [-0.2, 0) is 11.2 Å². The van der Waals surface area contributed by atoms with Gasteiger partial charge in [0.05, 0.1) is 20.1 Å². The first-order valence-electron chi connectivity index (χ1n) is 7.45. The summed E-state index contributed by atoms with van der Waals surface area (Å²) in [6.07, 6.45) is 0.676. The Labute approximate surface area is 135 Å². The molecule has 0 radical (unpaired) electrons. The predicted octanol–water partition coefficient (Wildman–Crippen LogP) is 2.89. The molecular formula is C18H19NO4. The number of para-hydroxylation sites is 1. The number of rotatable bonds is 4. The minimum Gasteiger partial charge on any atom is -0.493 e. The number of carbonyl (C=O) groups is 1. The Kier molecular flexibility index (Phi) is 4.37. The van der Waals surface area contributed by atoms with Crippen LogP contribution in [0, 0.1) is 5.92 Å². The molecule has 1 unspecified atom stereocenters. The molecule has 0 bridgehead atoms. The molecule has 2 aromatic rings. The molecule has 1 atom stereocenters. The Balaban J connectivity index is 1.70. The molecule has 3 rings (SSSR count). The van der Waals surface area contributed by atoms with Crippen LogP contribution in [0.25, 0.3) is 0 Å². The molecule has 5 heteroatoms. The minimum atomic E-state index is -0.210. The van der Waals surface area contributed by atoms with Crippen molar-refractivity contribution in [3.05, 3.63) is 48.0 Å². The van der Waals surface area contributed by atoms with Gasteiger partial charge in [0.2, 0.25) is 5.91 Å². The van der Waals surface area contributed by atoms with E-state index in [-0.39, 0.29) is 11.8 Å². The van der Waals surface area contributed by atoms with Crippen molar-refractivity contribution in [1.82, 2.24) is 0 Å². The first kappa shape index (κ1) is 15.2. The molecule has 1 aliphatic rings. The molecule has 0 fully saturated rings. The fourth-order valence-corrected chi connectivity index (χ4v) is 2.65. The lowest BCUT2D eigenvalue weighted by Crippen LogP contribution is -2.32. The lowest BCUT2D eigenvalue weighted by atomic mass is 9.96. The van der Waals surface area contributed by atoms with Gasteiger partial charge in [-0.25, -0.2) is 0 Å². The number of nitrogens with one attached hydrogen (secondary N) is 1. The van der Waals surface area contributed by atoms with E-state index in [9.17, 15) is 4.79 Å². The first-order chi connectivity index (χ1) is 11.2. The van der Waals surface area contributed by atoms with Crippen molar-refractivity contribution in [3.63, 3.8) is 0 Å². The quantitative estimate of drug-likeness (QED) is 0.943. The molecule has 2 aromatic carbocycles. The van der Waals surface area contributed by atoms with Crippen molar-refractivity contribution in [3.8, 4) is 17.2 Å². The Bertz CT molecular complexity index is 714. The first-order valence-corrected chi connectivity index (χ1v) is 7.45. The van der Waals surface area contributed by atoms with Gasteiger partial charge in [-0.15, -0.1) is 0 Å². The Morgan fingerprint density at radius 3 is 2.70 bits per heavy atom. The normalized spacial score (nSPS) is 16.0. The van der Waals surface area contributed by atoms with Crippen LogP contribution >= 0.6 is 0 Å². The van der Waals surface area contributed by atoms with E-state index in [0.29, 0.717) is 30.2 Å².